The van der Waals surface area contributed by atoms with E-state index in [1.807, 2.05) is 6.92 Å². The van der Waals surface area contributed by atoms with E-state index in [2.05, 4.69) is 0 Å². The summed E-state index contributed by atoms with van der Waals surface area (Å²) in [5.41, 5.74) is 0. The van der Waals surface area contributed by atoms with Crippen molar-refractivity contribution in [3.05, 3.63) is 0 Å². The van der Waals surface area contributed by atoms with Crippen molar-refractivity contribution >= 4 is 0 Å². The Balaban J connectivity index is 2.11. The quantitative estimate of drug-likeness (QED) is 0.647. The van der Waals surface area contributed by atoms with E-state index >= 15 is 0 Å². The Labute approximate surface area is 101 Å². The minimum atomic E-state index is -1.07. The molecule has 2 fully saturated rings. The standard InChI is InChI=1S/C12H22O5/c1-8-3-2-5-12(16-8)11(15)10(14)7-9(17-12)4-6-13/h8-11,13-15H,2-7H2,1H3/t8-,9-,10+,11-,12+/m1/s1. The third kappa shape index (κ3) is 2.63. The first-order valence-corrected chi connectivity index (χ1v) is 6.40. The van der Waals surface area contributed by atoms with Gasteiger partial charge in [-0.3, -0.25) is 0 Å². The van der Waals surface area contributed by atoms with Crippen LogP contribution < -0.4 is 0 Å². The number of hydrogen-bond acceptors (Lipinski definition) is 5. The van der Waals surface area contributed by atoms with Gasteiger partial charge in [-0.25, -0.2) is 0 Å². The summed E-state index contributed by atoms with van der Waals surface area (Å²) < 4.78 is 11.6. The van der Waals surface area contributed by atoms with Crippen LogP contribution in [0.3, 0.4) is 0 Å². The minimum Gasteiger partial charge on any atom is -0.396 e. The summed E-state index contributed by atoms with van der Waals surface area (Å²) in [7, 11) is 0. The van der Waals surface area contributed by atoms with Gasteiger partial charge in [-0.2, -0.15) is 0 Å². The monoisotopic (exact) mass is 246 g/mol. The normalized spacial score (nSPS) is 47.3. The molecule has 0 aromatic heterocycles. The molecule has 2 aliphatic rings. The fourth-order valence-corrected chi connectivity index (χ4v) is 2.81. The first-order chi connectivity index (χ1) is 8.07. The van der Waals surface area contributed by atoms with Gasteiger partial charge in [-0.15, -0.1) is 0 Å². The second-order valence-electron chi connectivity index (χ2n) is 5.13. The van der Waals surface area contributed by atoms with E-state index in [1.165, 1.54) is 0 Å². The molecular formula is C12H22O5. The molecule has 17 heavy (non-hydrogen) atoms. The van der Waals surface area contributed by atoms with Gasteiger partial charge in [0.15, 0.2) is 5.79 Å². The van der Waals surface area contributed by atoms with Gasteiger partial charge in [0.05, 0.1) is 18.3 Å². The van der Waals surface area contributed by atoms with Crippen molar-refractivity contribution in [2.45, 2.75) is 69.2 Å². The lowest BCUT2D eigenvalue weighted by atomic mass is 9.88. The third-order valence-electron chi connectivity index (χ3n) is 3.67. The van der Waals surface area contributed by atoms with E-state index in [9.17, 15) is 10.2 Å². The van der Waals surface area contributed by atoms with Crippen molar-refractivity contribution in [2.24, 2.45) is 0 Å². The summed E-state index contributed by atoms with van der Waals surface area (Å²) in [6.07, 6.45) is 1.20. The van der Waals surface area contributed by atoms with Crippen LogP contribution in [0.2, 0.25) is 0 Å². The smallest absolute Gasteiger partial charge is 0.197 e. The van der Waals surface area contributed by atoms with E-state index in [0.29, 0.717) is 19.3 Å². The Kier molecular flexibility index (Phi) is 4.05. The lowest BCUT2D eigenvalue weighted by molar-refractivity contribution is -0.365. The molecule has 0 aromatic rings. The molecule has 0 radical (unpaired) electrons. The van der Waals surface area contributed by atoms with Crippen molar-refractivity contribution in [3.8, 4) is 0 Å². The van der Waals surface area contributed by atoms with Crippen molar-refractivity contribution in [1.29, 1.82) is 0 Å². The highest BCUT2D eigenvalue weighted by Crippen LogP contribution is 2.40. The lowest BCUT2D eigenvalue weighted by Gasteiger charge is -2.49. The fraction of sp³-hybridized carbons (Fsp3) is 1.00. The molecule has 3 N–H and O–H groups in total. The summed E-state index contributed by atoms with van der Waals surface area (Å²) >= 11 is 0. The zero-order chi connectivity index (χ0) is 12.5. The van der Waals surface area contributed by atoms with Crippen LogP contribution in [-0.4, -0.2) is 52.1 Å². The summed E-state index contributed by atoms with van der Waals surface area (Å²) in [6, 6.07) is 0. The molecule has 0 aliphatic carbocycles. The molecule has 0 amide bonds. The van der Waals surface area contributed by atoms with E-state index in [-0.39, 0.29) is 18.8 Å². The van der Waals surface area contributed by atoms with Crippen LogP contribution in [0.1, 0.15) is 39.0 Å². The maximum absolute atomic E-state index is 10.1. The van der Waals surface area contributed by atoms with Crippen molar-refractivity contribution in [2.75, 3.05) is 6.61 Å². The Morgan fingerprint density at radius 1 is 1.29 bits per heavy atom. The molecule has 0 unspecified atom stereocenters. The molecule has 2 saturated heterocycles. The van der Waals surface area contributed by atoms with Crippen LogP contribution in [0.4, 0.5) is 0 Å². The highest BCUT2D eigenvalue weighted by atomic mass is 16.7. The summed E-state index contributed by atoms with van der Waals surface area (Å²) in [6.45, 7) is 1.96. The zero-order valence-electron chi connectivity index (χ0n) is 10.2. The van der Waals surface area contributed by atoms with Crippen LogP contribution in [0, 0.1) is 0 Å². The average molecular weight is 246 g/mol. The molecule has 5 atom stereocenters. The maximum Gasteiger partial charge on any atom is 0.197 e. The highest BCUT2D eigenvalue weighted by molar-refractivity contribution is 4.94. The molecule has 0 bridgehead atoms. The highest BCUT2D eigenvalue weighted by Gasteiger charge is 2.51. The van der Waals surface area contributed by atoms with Crippen LogP contribution in [0.5, 0.6) is 0 Å². The van der Waals surface area contributed by atoms with Crippen LogP contribution >= 0.6 is 0 Å². The summed E-state index contributed by atoms with van der Waals surface area (Å²) in [5.74, 6) is -1.07. The number of aliphatic hydroxyl groups is 3. The predicted octanol–water partition coefficient (Wildman–Crippen LogP) is 0.165. The van der Waals surface area contributed by atoms with Gasteiger partial charge in [-0.05, 0) is 26.2 Å². The molecule has 5 nitrogen and oxygen atoms in total. The molecule has 2 heterocycles. The van der Waals surface area contributed by atoms with Gasteiger partial charge in [0.2, 0.25) is 0 Å². The van der Waals surface area contributed by atoms with Crippen LogP contribution in [0.25, 0.3) is 0 Å². The number of ether oxygens (including phenoxy) is 2. The minimum absolute atomic E-state index is 0.0130. The number of rotatable bonds is 2. The van der Waals surface area contributed by atoms with Gasteiger partial charge < -0.3 is 24.8 Å². The molecule has 1 spiro atoms. The van der Waals surface area contributed by atoms with Gasteiger partial charge in [0.25, 0.3) is 0 Å². The Bertz CT molecular complexity index is 259. The first-order valence-electron chi connectivity index (χ1n) is 6.40. The lowest BCUT2D eigenvalue weighted by Crippen LogP contribution is -2.61. The molecule has 5 heteroatoms. The average Bonchev–Trinajstić information content (AvgIpc) is 2.26. The van der Waals surface area contributed by atoms with Gasteiger partial charge in [0.1, 0.15) is 6.10 Å². The molecule has 0 aromatic carbocycles. The van der Waals surface area contributed by atoms with E-state index < -0.39 is 18.0 Å². The molecule has 2 aliphatic heterocycles. The Hall–Kier alpha value is -0.200. The maximum atomic E-state index is 10.1. The topological polar surface area (TPSA) is 79.2 Å². The van der Waals surface area contributed by atoms with E-state index in [4.69, 9.17) is 14.6 Å². The zero-order valence-corrected chi connectivity index (χ0v) is 10.2. The van der Waals surface area contributed by atoms with Crippen LogP contribution in [-0.2, 0) is 9.47 Å². The summed E-state index contributed by atoms with van der Waals surface area (Å²) in [4.78, 5) is 0. The molecule has 0 saturated carbocycles. The number of hydrogen-bond donors (Lipinski definition) is 3. The van der Waals surface area contributed by atoms with Crippen molar-refractivity contribution < 1.29 is 24.8 Å². The Morgan fingerprint density at radius 2 is 2.06 bits per heavy atom. The third-order valence-corrected chi connectivity index (χ3v) is 3.67. The largest absolute Gasteiger partial charge is 0.396 e. The fourth-order valence-electron chi connectivity index (χ4n) is 2.81. The van der Waals surface area contributed by atoms with Crippen molar-refractivity contribution in [1.82, 2.24) is 0 Å². The van der Waals surface area contributed by atoms with Gasteiger partial charge >= 0.3 is 0 Å². The van der Waals surface area contributed by atoms with E-state index in [0.717, 1.165) is 12.8 Å². The van der Waals surface area contributed by atoms with Crippen molar-refractivity contribution in [3.63, 3.8) is 0 Å². The molecular weight excluding hydrogens is 224 g/mol. The second kappa shape index (κ2) is 5.20. The second-order valence-corrected chi connectivity index (χ2v) is 5.13. The number of aliphatic hydroxyl groups excluding tert-OH is 3. The molecule has 2 rings (SSSR count). The first kappa shape index (κ1) is 13.2. The molecule has 100 valence electrons. The van der Waals surface area contributed by atoms with E-state index in [1.54, 1.807) is 0 Å². The van der Waals surface area contributed by atoms with Crippen LogP contribution in [0.15, 0.2) is 0 Å². The SMILES string of the molecule is C[C@@H]1CCC[C@@]2(O[C@H](CCO)C[C@H](O)[C@H]2O)O1. The Morgan fingerprint density at radius 3 is 2.71 bits per heavy atom. The van der Waals surface area contributed by atoms with Gasteiger partial charge in [-0.1, -0.05) is 0 Å². The predicted molar refractivity (Wildman–Crippen MR) is 60.3 cm³/mol. The van der Waals surface area contributed by atoms with Gasteiger partial charge in [0, 0.05) is 19.4 Å². The summed E-state index contributed by atoms with van der Waals surface area (Å²) in [5, 5.41) is 28.9.